The summed E-state index contributed by atoms with van der Waals surface area (Å²) in [5, 5.41) is 5.01. The van der Waals surface area contributed by atoms with Gasteiger partial charge in [0, 0.05) is 23.4 Å². The van der Waals surface area contributed by atoms with Gasteiger partial charge >= 0.3 is 0 Å². The number of carbonyl (C=O) groups excluding carboxylic acids is 2. The minimum atomic E-state index is -3.61. The maximum atomic E-state index is 12.6. The summed E-state index contributed by atoms with van der Waals surface area (Å²) in [7, 11) is -3.61. The Labute approximate surface area is 175 Å². The first-order valence-electron chi connectivity index (χ1n) is 9.59. The fourth-order valence-electron chi connectivity index (χ4n) is 3.46. The Morgan fingerprint density at radius 1 is 1.21 bits per heavy atom. The summed E-state index contributed by atoms with van der Waals surface area (Å²) in [5.41, 5.74) is 0.686. The van der Waals surface area contributed by atoms with Crippen LogP contribution < -0.4 is 9.62 Å². The van der Waals surface area contributed by atoms with E-state index < -0.39 is 15.9 Å². The molecule has 0 aliphatic carbocycles. The monoisotopic (exact) mass is 435 g/mol. The molecular formula is C20H25N3O4S2. The van der Waals surface area contributed by atoms with Gasteiger partial charge in [-0.1, -0.05) is 19.9 Å². The topological polar surface area (TPSA) is 86.8 Å². The van der Waals surface area contributed by atoms with E-state index in [2.05, 4.69) is 30.1 Å². The summed E-state index contributed by atoms with van der Waals surface area (Å²) in [6.45, 7) is 6.42. The van der Waals surface area contributed by atoms with Crippen molar-refractivity contribution < 1.29 is 18.0 Å². The normalized spacial score (nSPS) is 16.9. The van der Waals surface area contributed by atoms with Gasteiger partial charge in [-0.25, -0.2) is 12.7 Å². The molecule has 1 unspecified atom stereocenters. The Bertz CT molecular complexity index is 952. The highest BCUT2D eigenvalue weighted by molar-refractivity contribution is 7.94. The van der Waals surface area contributed by atoms with Gasteiger partial charge in [-0.2, -0.15) is 0 Å². The van der Waals surface area contributed by atoms with E-state index >= 15 is 0 Å². The summed E-state index contributed by atoms with van der Waals surface area (Å²) in [5.74, 6) is -0.857. The number of sulfonamides is 1. The smallest absolute Gasteiger partial charge is 0.251 e. The lowest BCUT2D eigenvalue weighted by atomic mass is 10.1. The average Bonchev–Trinajstić information content (AvgIpc) is 3.33. The molecule has 1 aliphatic rings. The minimum absolute atomic E-state index is 0.0139. The number of thiophene rings is 1. The van der Waals surface area contributed by atoms with Crippen molar-refractivity contribution in [1.29, 1.82) is 0 Å². The molecule has 1 aromatic heterocycles. The predicted octanol–water partition coefficient (Wildman–Crippen LogP) is 2.63. The van der Waals surface area contributed by atoms with Crippen molar-refractivity contribution in [2.24, 2.45) is 0 Å². The molecule has 3 rings (SSSR count). The van der Waals surface area contributed by atoms with Crippen LogP contribution in [-0.2, 0) is 14.8 Å². The number of nitrogens with one attached hydrogen (secondary N) is 1. The van der Waals surface area contributed by atoms with Gasteiger partial charge in [0.05, 0.1) is 17.5 Å². The highest BCUT2D eigenvalue weighted by Gasteiger charge is 2.36. The standard InChI is InChI=1S/C20H25N3O4S2/c1-3-22(4-2)17(18-6-5-12-28-18)14-21-20(25)15-7-9-16(10-8-15)23-19(24)11-13-29(23,26)27/h5-10,12,17H,3-4,11,13-14H2,1-2H3,(H,21,25). The van der Waals surface area contributed by atoms with Crippen LogP contribution in [0, 0.1) is 0 Å². The summed E-state index contributed by atoms with van der Waals surface area (Å²) < 4.78 is 24.9. The van der Waals surface area contributed by atoms with Gasteiger partial charge in [-0.3, -0.25) is 14.5 Å². The number of benzene rings is 1. The second-order valence-electron chi connectivity index (χ2n) is 6.73. The lowest BCUT2D eigenvalue weighted by Gasteiger charge is -2.29. The molecule has 0 saturated carbocycles. The van der Waals surface area contributed by atoms with Crippen LogP contribution >= 0.6 is 11.3 Å². The van der Waals surface area contributed by atoms with Gasteiger partial charge in [0.2, 0.25) is 15.9 Å². The van der Waals surface area contributed by atoms with E-state index in [4.69, 9.17) is 0 Å². The first kappa shape index (κ1) is 21.5. The fraction of sp³-hybridized carbons (Fsp3) is 0.400. The Hall–Kier alpha value is -2.23. The van der Waals surface area contributed by atoms with E-state index in [1.54, 1.807) is 23.5 Å². The molecule has 1 aromatic carbocycles. The van der Waals surface area contributed by atoms with E-state index in [1.165, 1.54) is 17.0 Å². The third kappa shape index (κ3) is 4.68. The maximum Gasteiger partial charge on any atom is 0.251 e. The number of carbonyl (C=O) groups is 2. The zero-order valence-electron chi connectivity index (χ0n) is 16.5. The molecule has 0 bridgehead atoms. The van der Waals surface area contributed by atoms with E-state index in [0.29, 0.717) is 12.1 Å². The molecule has 2 aromatic rings. The van der Waals surface area contributed by atoms with Gasteiger partial charge in [0.25, 0.3) is 5.91 Å². The highest BCUT2D eigenvalue weighted by Crippen LogP contribution is 2.26. The molecule has 2 heterocycles. The van der Waals surface area contributed by atoms with Crippen LogP contribution in [0.15, 0.2) is 41.8 Å². The maximum absolute atomic E-state index is 12.6. The van der Waals surface area contributed by atoms with Gasteiger partial charge in [-0.15, -0.1) is 11.3 Å². The van der Waals surface area contributed by atoms with E-state index in [-0.39, 0.29) is 29.8 Å². The zero-order valence-corrected chi connectivity index (χ0v) is 18.1. The van der Waals surface area contributed by atoms with Crippen LogP contribution in [0.3, 0.4) is 0 Å². The lowest BCUT2D eigenvalue weighted by Crippen LogP contribution is -2.37. The predicted molar refractivity (Wildman–Crippen MR) is 115 cm³/mol. The number of hydrogen-bond acceptors (Lipinski definition) is 6. The molecule has 1 saturated heterocycles. The fourth-order valence-corrected chi connectivity index (χ4v) is 5.78. The number of rotatable bonds is 8. The number of anilines is 1. The van der Waals surface area contributed by atoms with Crippen molar-refractivity contribution in [3.05, 3.63) is 52.2 Å². The van der Waals surface area contributed by atoms with Crippen molar-refractivity contribution in [1.82, 2.24) is 10.2 Å². The second-order valence-corrected chi connectivity index (χ2v) is 9.65. The van der Waals surface area contributed by atoms with Gasteiger partial charge in [-0.05, 0) is 48.8 Å². The van der Waals surface area contributed by atoms with Crippen molar-refractivity contribution in [3.8, 4) is 0 Å². The third-order valence-electron chi connectivity index (χ3n) is 5.02. The van der Waals surface area contributed by atoms with E-state index in [0.717, 1.165) is 17.4 Å². The van der Waals surface area contributed by atoms with Gasteiger partial charge in [0.1, 0.15) is 0 Å². The summed E-state index contributed by atoms with van der Waals surface area (Å²) in [4.78, 5) is 28.0. The van der Waals surface area contributed by atoms with Crippen molar-refractivity contribution >= 4 is 38.9 Å². The van der Waals surface area contributed by atoms with E-state index in [9.17, 15) is 18.0 Å². The minimum Gasteiger partial charge on any atom is -0.350 e. The van der Waals surface area contributed by atoms with Crippen LogP contribution in [0.25, 0.3) is 0 Å². The average molecular weight is 436 g/mol. The third-order valence-corrected chi connectivity index (χ3v) is 7.69. The van der Waals surface area contributed by atoms with Crippen LogP contribution in [0.2, 0.25) is 0 Å². The molecule has 9 heteroatoms. The Morgan fingerprint density at radius 3 is 2.41 bits per heavy atom. The SMILES string of the molecule is CCN(CC)C(CNC(=O)c1ccc(N2C(=O)CCS2(=O)=O)cc1)c1cccs1. The Balaban J connectivity index is 1.70. The summed E-state index contributed by atoms with van der Waals surface area (Å²) in [6.07, 6.45) is -0.0139. The van der Waals surface area contributed by atoms with Crippen molar-refractivity contribution in [2.75, 3.05) is 29.7 Å². The lowest BCUT2D eigenvalue weighted by molar-refractivity contribution is -0.116. The largest absolute Gasteiger partial charge is 0.350 e. The van der Waals surface area contributed by atoms with Gasteiger partial charge < -0.3 is 5.32 Å². The summed E-state index contributed by atoms with van der Waals surface area (Å²) >= 11 is 1.67. The quantitative estimate of drug-likeness (QED) is 0.689. The van der Waals surface area contributed by atoms with Gasteiger partial charge in [0.15, 0.2) is 0 Å². The molecule has 1 atom stereocenters. The summed E-state index contributed by atoms with van der Waals surface area (Å²) in [6, 6.07) is 10.3. The highest BCUT2D eigenvalue weighted by atomic mass is 32.2. The molecule has 1 aliphatic heterocycles. The Kier molecular flexibility index (Phi) is 6.71. The molecule has 7 nitrogen and oxygen atoms in total. The van der Waals surface area contributed by atoms with E-state index in [1.807, 2.05) is 11.4 Å². The molecule has 2 amide bonds. The number of amides is 2. The molecular weight excluding hydrogens is 410 g/mol. The number of hydrogen-bond donors (Lipinski definition) is 1. The second kappa shape index (κ2) is 9.06. The number of likely N-dealkylation sites (N-methyl/N-ethyl adjacent to an activating group) is 1. The number of nitrogens with zero attached hydrogens (tertiary/aromatic N) is 2. The molecule has 1 fully saturated rings. The van der Waals surface area contributed by atoms with Crippen LogP contribution in [0.5, 0.6) is 0 Å². The first-order valence-corrected chi connectivity index (χ1v) is 12.1. The molecule has 156 valence electrons. The Morgan fingerprint density at radius 2 is 1.90 bits per heavy atom. The van der Waals surface area contributed by atoms with Crippen LogP contribution in [0.1, 0.15) is 41.5 Å². The van der Waals surface area contributed by atoms with Crippen LogP contribution in [0.4, 0.5) is 5.69 Å². The first-order chi connectivity index (χ1) is 13.9. The molecule has 0 spiro atoms. The van der Waals surface area contributed by atoms with Crippen molar-refractivity contribution in [2.45, 2.75) is 26.3 Å². The zero-order chi connectivity index (χ0) is 21.0. The molecule has 29 heavy (non-hydrogen) atoms. The molecule has 1 N–H and O–H groups in total. The van der Waals surface area contributed by atoms with Crippen molar-refractivity contribution in [3.63, 3.8) is 0 Å². The molecule has 0 radical (unpaired) electrons. The van der Waals surface area contributed by atoms with Crippen LogP contribution in [-0.4, -0.2) is 50.5 Å².